The highest BCUT2D eigenvalue weighted by Gasteiger charge is 1.99. The summed E-state index contributed by atoms with van der Waals surface area (Å²) in [6.07, 6.45) is 3.80. The number of hydrogen-bond donors (Lipinski definition) is 1. The van der Waals surface area contributed by atoms with E-state index in [-0.39, 0.29) is 5.82 Å². The van der Waals surface area contributed by atoms with Gasteiger partial charge in [-0.05, 0) is 30.2 Å². The Bertz CT molecular complexity index is 487. The molecule has 0 saturated carbocycles. The summed E-state index contributed by atoms with van der Waals surface area (Å²) in [5, 5.41) is 3.24. The van der Waals surface area contributed by atoms with Gasteiger partial charge in [0.05, 0.1) is 10.5 Å². The number of thiophene rings is 1. The lowest BCUT2D eigenvalue weighted by molar-refractivity contribution is 0.613. The van der Waals surface area contributed by atoms with E-state index < -0.39 is 0 Å². The quantitative estimate of drug-likeness (QED) is 0.844. The Morgan fingerprint density at radius 2 is 2.24 bits per heavy atom. The fourth-order valence-corrected chi connectivity index (χ4v) is 2.57. The van der Waals surface area contributed by atoms with Gasteiger partial charge >= 0.3 is 0 Å². The highest BCUT2D eigenvalue weighted by Crippen LogP contribution is 2.21. The van der Waals surface area contributed by atoms with Gasteiger partial charge in [-0.2, -0.15) is 0 Å². The average Bonchev–Trinajstić information content (AvgIpc) is 2.71. The highest BCUT2D eigenvalue weighted by molar-refractivity contribution is 7.16. The van der Waals surface area contributed by atoms with Crippen LogP contribution < -0.4 is 5.32 Å². The number of nitrogens with one attached hydrogen (secondary N) is 1. The van der Waals surface area contributed by atoms with E-state index in [0.29, 0.717) is 6.54 Å². The van der Waals surface area contributed by atoms with Crippen LogP contribution in [0.4, 0.5) is 4.39 Å². The molecule has 0 amide bonds. The summed E-state index contributed by atoms with van der Waals surface area (Å²) in [5.41, 5.74) is 0.856. The second-order valence-electron chi connectivity index (χ2n) is 3.64. The third-order valence-corrected chi connectivity index (χ3v) is 3.56. The molecule has 0 spiro atoms. The van der Waals surface area contributed by atoms with Crippen molar-refractivity contribution in [3.8, 4) is 0 Å². The zero-order chi connectivity index (χ0) is 12.1. The maximum atomic E-state index is 12.8. The first-order chi connectivity index (χ1) is 8.24. The van der Waals surface area contributed by atoms with Gasteiger partial charge in [-0.25, -0.2) is 4.39 Å². The van der Waals surface area contributed by atoms with Crippen molar-refractivity contribution in [2.24, 2.45) is 0 Å². The van der Waals surface area contributed by atoms with Gasteiger partial charge in [-0.1, -0.05) is 11.6 Å². The van der Waals surface area contributed by atoms with Crippen molar-refractivity contribution < 1.29 is 4.39 Å². The van der Waals surface area contributed by atoms with E-state index in [1.807, 2.05) is 12.1 Å². The first-order valence-electron chi connectivity index (χ1n) is 5.28. The van der Waals surface area contributed by atoms with E-state index >= 15 is 0 Å². The van der Waals surface area contributed by atoms with E-state index in [1.165, 1.54) is 17.1 Å². The molecular formula is C12H12ClFN2S. The molecule has 0 aromatic carbocycles. The Labute approximate surface area is 108 Å². The third kappa shape index (κ3) is 4.07. The van der Waals surface area contributed by atoms with Crippen molar-refractivity contribution in [2.45, 2.75) is 13.0 Å². The Hall–Kier alpha value is -0.970. The van der Waals surface area contributed by atoms with Crippen LogP contribution >= 0.6 is 22.9 Å². The average molecular weight is 271 g/mol. The van der Waals surface area contributed by atoms with Gasteiger partial charge < -0.3 is 5.32 Å². The molecule has 0 radical (unpaired) electrons. The lowest BCUT2D eigenvalue weighted by atomic mass is 10.2. The third-order valence-electron chi connectivity index (χ3n) is 2.27. The second kappa shape index (κ2) is 6.10. The first-order valence-corrected chi connectivity index (χ1v) is 6.48. The SMILES string of the molecule is Fc1cncc(CNCCc2ccc(Cl)s2)c1. The van der Waals surface area contributed by atoms with Crippen molar-refractivity contribution in [3.05, 3.63) is 51.2 Å². The molecule has 0 atom stereocenters. The lowest BCUT2D eigenvalue weighted by Gasteiger charge is -2.03. The summed E-state index contributed by atoms with van der Waals surface area (Å²) < 4.78 is 13.7. The van der Waals surface area contributed by atoms with Crippen molar-refractivity contribution in [1.29, 1.82) is 0 Å². The van der Waals surface area contributed by atoms with Crippen molar-refractivity contribution in [2.75, 3.05) is 6.54 Å². The Morgan fingerprint density at radius 1 is 1.35 bits per heavy atom. The van der Waals surface area contributed by atoms with E-state index in [0.717, 1.165) is 22.9 Å². The summed E-state index contributed by atoms with van der Waals surface area (Å²) in [5.74, 6) is -0.297. The van der Waals surface area contributed by atoms with Crippen LogP contribution in [0.15, 0.2) is 30.6 Å². The van der Waals surface area contributed by atoms with Crippen LogP contribution in [-0.2, 0) is 13.0 Å². The molecule has 0 saturated heterocycles. The fourth-order valence-electron chi connectivity index (χ4n) is 1.48. The molecule has 17 heavy (non-hydrogen) atoms. The zero-order valence-corrected chi connectivity index (χ0v) is 10.7. The van der Waals surface area contributed by atoms with Crippen LogP contribution in [0.5, 0.6) is 0 Å². The monoisotopic (exact) mass is 270 g/mol. The molecular weight excluding hydrogens is 259 g/mol. The molecule has 2 nitrogen and oxygen atoms in total. The summed E-state index contributed by atoms with van der Waals surface area (Å²) in [6.45, 7) is 1.47. The molecule has 2 aromatic heterocycles. The van der Waals surface area contributed by atoms with E-state index in [4.69, 9.17) is 11.6 Å². The van der Waals surface area contributed by atoms with Gasteiger partial charge in [0.15, 0.2) is 0 Å². The van der Waals surface area contributed by atoms with Crippen molar-refractivity contribution >= 4 is 22.9 Å². The fraction of sp³-hybridized carbons (Fsp3) is 0.250. The highest BCUT2D eigenvalue weighted by atomic mass is 35.5. The predicted molar refractivity (Wildman–Crippen MR) is 68.9 cm³/mol. The molecule has 2 aromatic rings. The molecule has 0 aliphatic rings. The van der Waals surface area contributed by atoms with Crippen LogP contribution in [0.3, 0.4) is 0 Å². The molecule has 2 rings (SSSR count). The van der Waals surface area contributed by atoms with E-state index in [2.05, 4.69) is 10.3 Å². The molecule has 0 bridgehead atoms. The molecule has 0 aliphatic carbocycles. The van der Waals surface area contributed by atoms with E-state index in [9.17, 15) is 4.39 Å². The van der Waals surface area contributed by atoms with Gasteiger partial charge in [0.1, 0.15) is 5.82 Å². The van der Waals surface area contributed by atoms with Crippen LogP contribution in [0, 0.1) is 5.82 Å². The summed E-state index contributed by atoms with van der Waals surface area (Å²) >= 11 is 7.42. The molecule has 0 unspecified atom stereocenters. The molecule has 5 heteroatoms. The Morgan fingerprint density at radius 3 is 2.94 bits per heavy atom. The van der Waals surface area contributed by atoms with Gasteiger partial charge in [0, 0.05) is 24.2 Å². The first kappa shape index (κ1) is 12.5. The van der Waals surface area contributed by atoms with Gasteiger partial charge in [0.2, 0.25) is 0 Å². The van der Waals surface area contributed by atoms with Gasteiger partial charge in [-0.3, -0.25) is 4.98 Å². The molecule has 0 aliphatic heterocycles. The minimum absolute atomic E-state index is 0.297. The Kier molecular flexibility index (Phi) is 4.48. The zero-order valence-electron chi connectivity index (χ0n) is 9.12. The van der Waals surface area contributed by atoms with Crippen LogP contribution in [0.1, 0.15) is 10.4 Å². The minimum atomic E-state index is -0.297. The number of rotatable bonds is 5. The number of nitrogens with zero attached hydrogens (tertiary/aromatic N) is 1. The van der Waals surface area contributed by atoms with Crippen LogP contribution in [-0.4, -0.2) is 11.5 Å². The number of halogens is 2. The maximum absolute atomic E-state index is 12.8. The normalized spacial score (nSPS) is 10.7. The topological polar surface area (TPSA) is 24.9 Å². The summed E-state index contributed by atoms with van der Waals surface area (Å²) in [6, 6.07) is 5.42. The van der Waals surface area contributed by atoms with E-state index in [1.54, 1.807) is 17.5 Å². The van der Waals surface area contributed by atoms with Crippen LogP contribution in [0.25, 0.3) is 0 Å². The largest absolute Gasteiger partial charge is 0.312 e. The lowest BCUT2D eigenvalue weighted by Crippen LogP contribution is -2.16. The van der Waals surface area contributed by atoms with Crippen LogP contribution in [0.2, 0.25) is 4.34 Å². The number of hydrogen-bond acceptors (Lipinski definition) is 3. The molecule has 2 heterocycles. The van der Waals surface area contributed by atoms with Crippen molar-refractivity contribution in [1.82, 2.24) is 10.3 Å². The number of aromatic nitrogens is 1. The molecule has 90 valence electrons. The predicted octanol–water partition coefficient (Wildman–Crippen LogP) is 3.27. The maximum Gasteiger partial charge on any atom is 0.141 e. The smallest absolute Gasteiger partial charge is 0.141 e. The minimum Gasteiger partial charge on any atom is -0.312 e. The summed E-state index contributed by atoms with van der Waals surface area (Å²) in [4.78, 5) is 5.04. The van der Waals surface area contributed by atoms with Gasteiger partial charge in [0.25, 0.3) is 0 Å². The standard InChI is InChI=1S/C12H12ClFN2S/c13-12-2-1-11(17-12)3-4-15-6-9-5-10(14)8-16-7-9/h1-2,5,7-8,15H,3-4,6H2. The van der Waals surface area contributed by atoms with Gasteiger partial charge in [-0.15, -0.1) is 11.3 Å². The van der Waals surface area contributed by atoms with Crippen molar-refractivity contribution in [3.63, 3.8) is 0 Å². The second-order valence-corrected chi connectivity index (χ2v) is 5.44. The number of pyridine rings is 1. The summed E-state index contributed by atoms with van der Waals surface area (Å²) in [7, 11) is 0. The molecule has 0 fully saturated rings. The molecule has 1 N–H and O–H groups in total. The Balaban J connectivity index is 1.73.